The molecule has 5 aromatic rings. The molecule has 216 valence electrons. The van der Waals surface area contributed by atoms with Crippen LogP contribution in [0.15, 0.2) is 92.2 Å². The summed E-state index contributed by atoms with van der Waals surface area (Å²) in [4.78, 5) is 31.5. The van der Waals surface area contributed by atoms with Crippen molar-refractivity contribution in [3.8, 4) is 5.75 Å². The highest BCUT2D eigenvalue weighted by Crippen LogP contribution is 2.32. The Balaban J connectivity index is 1.53. The van der Waals surface area contributed by atoms with E-state index >= 15 is 0 Å². The highest BCUT2D eigenvalue weighted by molar-refractivity contribution is 7.89. The molecule has 0 bridgehead atoms. The first-order valence-corrected chi connectivity index (χ1v) is 15.4. The Labute approximate surface area is 246 Å². The summed E-state index contributed by atoms with van der Waals surface area (Å²) >= 11 is 1.21. The van der Waals surface area contributed by atoms with E-state index in [0.29, 0.717) is 28.8 Å². The van der Waals surface area contributed by atoms with E-state index in [9.17, 15) is 18.0 Å². The molecule has 2 aromatic heterocycles. The Bertz CT molecular complexity index is 1950. The minimum absolute atomic E-state index is 0.0774. The molecule has 0 N–H and O–H groups in total. The number of carbonyl (C=O) groups is 1. The van der Waals surface area contributed by atoms with E-state index in [1.165, 1.54) is 59.4 Å². The van der Waals surface area contributed by atoms with E-state index in [1.807, 2.05) is 6.92 Å². The largest absolute Gasteiger partial charge is 0.497 e. The topological polar surface area (TPSA) is 122 Å². The molecule has 0 atom stereocenters. The molecular formula is C30H28N4O6S2. The molecule has 0 saturated carbocycles. The summed E-state index contributed by atoms with van der Waals surface area (Å²) in [5.41, 5.74) is 1.09. The van der Waals surface area contributed by atoms with Gasteiger partial charge in [0.05, 0.1) is 39.4 Å². The number of methoxy groups -OCH3 is 1. The second kappa shape index (κ2) is 12.2. The van der Waals surface area contributed by atoms with E-state index in [1.54, 1.807) is 49.6 Å². The van der Waals surface area contributed by atoms with Gasteiger partial charge in [-0.05, 0) is 61.0 Å². The van der Waals surface area contributed by atoms with Gasteiger partial charge in [0.1, 0.15) is 17.6 Å². The molecule has 0 fully saturated rings. The van der Waals surface area contributed by atoms with Crippen molar-refractivity contribution in [3.05, 3.63) is 94.3 Å². The van der Waals surface area contributed by atoms with Crippen LogP contribution in [0.2, 0.25) is 0 Å². The number of nitrogens with zero attached hydrogens (tertiary/aromatic N) is 4. The Morgan fingerprint density at radius 3 is 2.62 bits per heavy atom. The van der Waals surface area contributed by atoms with Gasteiger partial charge in [-0.25, -0.2) is 17.7 Å². The number of para-hydroxylation sites is 1. The minimum atomic E-state index is -3.71. The lowest BCUT2D eigenvalue weighted by Crippen LogP contribution is -2.28. The van der Waals surface area contributed by atoms with Crippen LogP contribution in [0.1, 0.15) is 35.7 Å². The normalized spacial score (nSPS) is 12.0. The maximum atomic E-state index is 13.8. The summed E-state index contributed by atoms with van der Waals surface area (Å²) in [5, 5.41) is 6.09. The van der Waals surface area contributed by atoms with Gasteiger partial charge in [-0.3, -0.25) is 9.59 Å². The van der Waals surface area contributed by atoms with Gasteiger partial charge in [-0.1, -0.05) is 36.8 Å². The van der Waals surface area contributed by atoms with Crippen LogP contribution in [-0.2, 0) is 10.0 Å². The van der Waals surface area contributed by atoms with Gasteiger partial charge in [0.2, 0.25) is 20.6 Å². The second-order valence-electron chi connectivity index (χ2n) is 9.41. The molecule has 0 aliphatic carbocycles. The molecule has 0 unspecified atom stereocenters. The lowest BCUT2D eigenvalue weighted by atomic mass is 10.2. The number of carbonyl (C=O) groups excluding carboxylic acids is 1. The molecule has 3 aromatic carbocycles. The number of hydrogen-bond acceptors (Lipinski definition) is 9. The van der Waals surface area contributed by atoms with Crippen molar-refractivity contribution in [1.82, 2.24) is 9.29 Å². The van der Waals surface area contributed by atoms with Crippen molar-refractivity contribution in [3.63, 3.8) is 0 Å². The lowest BCUT2D eigenvalue weighted by Gasteiger charge is -2.17. The first-order chi connectivity index (χ1) is 20.2. The summed E-state index contributed by atoms with van der Waals surface area (Å²) in [6.45, 7) is 2.39. The standard InChI is InChI=1S/C30H28N4O6S2/c1-4-5-16-33(2)42(37,38)23-13-10-20(11-14-23)29(36)34(30-32-25-15-12-22(39-3)17-27(25)41-30)31-18-21-19-40-26-9-7-6-8-24(26)28(21)35/h6-15,17-19H,4-5,16H2,1-3H3/b31-18+. The van der Waals surface area contributed by atoms with E-state index in [-0.39, 0.29) is 26.6 Å². The predicted octanol–water partition coefficient (Wildman–Crippen LogP) is 5.51. The third kappa shape index (κ3) is 5.82. The van der Waals surface area contributed by atoms with Crippen molar-refractivity contribution in [2.45, 2.75) is 24.7 Å². The number of amides is 1. The van der Waals surface area contributed by atoms with Crippen LogP contribution in [0.4, 0.5) is 5.13 Å². The molecule has 0 aliphatic rings. The van der Waals surface area contributed by atoms with Gasteiger partial charge < -0.3 is 9.15 Å². The van der Waals surface area contributed by atoms with E-state index in [4.69, 9.17) is 9.15 Å². The minimum Gasteiger partial charge on any atom is -0.497 e. The van der Waals surface area contributed by atoms with Gasteiger partial charge in [0, 0.05) is 19.2 Å². The van der Waals surface area contributed by atoms with Gasteiger partial charge in [-0.2, -0.15) is 10.1 Å². The zero-order chi connectivity index (χ0) is 29.9. The van der Waals surface area contributed by atoms with Crippen molar-refractivity contribution in [2.24, 2.45) is 5.10 Å². The quantitative estimate of drug-likeness (QED) is 0.152. The SMILES string of the molecule is CCCCN(C)S(=O)(=O)c1ccc(C(=O)N(/N=C/c2coc3ccccc3c2=O)c2nc3ccc(OC)cc3s2)cc1. The number of ether oxygens (including phenoxy) is 1. The van der Waals surface area contributed by atoms with E-state index in [2.05, 4.69) is 10.1 Å². The Kier molecular flexibility index (Phi) is 8.48. The summed E-state index contributed by atoms with van der Waals surface area (Å²) in [6, 6.07) is 17.8. The molecule has 5 rings (SSSR count). The third-order valence-electron chi connectivity index (χ3n) is 6.61. The number of hydrazone groups is 1. The highest BCUT2D eigenvalue weighted by atomic mass is 32.2. The monoisotopic (exact) mass is 604 g/mol. The fourth-order valence-electron chi connectivity index (χ4n) is 4.17. The van der Waals surface area contributed by atoms with E-state index < -0.39 is 15.9 Å². The maximum Gasteiger partial charge on any atom is 0.280 e. The number of sulfonamides is 1. The zero-order valence-electron chi connectivity index (χ0n) is 23.2. The number of fused-ring (bicyclic) bond motifs is 2. The molecule has 0 spiro atoms. The van der Waals surface area contributed by atoms with Crippen LogP contribution in [0.25, 0.3) is 21.2 Å². The first kappa shape index (κ1) is 29.1. The number of rotatable bonds is 10. The van der Waals surface area contributed by atoms with Crippen molar-refractivity contribution >= 4 is 59.8 Å². The molecule has 1 amide bonds. The Morgan fingerprint density at radius 2 is 1.88 bits per heavy atom. The van der Waals surface area contributed by atoms with Crippen LogP contribution in [0, 0.1) is 0 Å². The smallest absolute Gasteiger partial charge is 0.280 e. The Hall–Kier alpha value is -4.39. The molecule has 12 heteroatoms. The number of unbranched alkanes of at least 4 members (excludes halogenated alkanes) is 1. The summed E-state index contributed by atoms with van der Waals surface area (Å²) in [7, 11) is -0.615. The van der Waals surface area contributed by atoms with Gasteiger partial charge in [0.15, 0.2) is 0 Å². The van der Waals surface area contributed by atoms with Crippen LogP contribution >= 0.6 is 11.3 Å². The van der Waals surface area contributed by atoms with Crippen molar-refractivity contribution in [2.75, 3.05) is 25.7 Å². The maximum absolute atomic E-state index is 13.8. The zero-order valence-corrected chi connectivity index (χ0v) is 24.8. The van der Waals surface area contributed by atoms with Crippen LogP contribution in [-0.4, -0.2) is 50.5 Å². The first-order valence-electron chi connectivity index (χ1n) is 13.1. The van der Waals surface area contributed by atoms with Crippen LogP contribution < -0.4 is 15.2 Å². The number of hydrogen-bond donors (Lipinski definition) is 0. The summed E-state index contributed by atoms with van der Waals surface area (Å²) < 4.78 is 38.9. The van der Waals surface area contributed by atoms with E-state index in [0.717, 1.165) is 22.6 Å². The fraction of sp³-hybridized carbons (Fsp3) is 0.200. The number of benzene rings is 3. The number of anilines is 1. The number of aromatic nitrogens is 1. The molecule has 0 aliphatic heterocycles. The molecule has 42 heavy (non-hydrogen) atoms. The van der Waals surface area contributed by atoms with Crippen molar-refractivity contribution in [1.29, 1.82) is 0 Å². The summed E-state index contributed by atoms with van der Waals surface area (Å²) in [6.07, 6.45) is 4.14. The van der Waals surface area contributed by atoms with Crippen LogP contribution in [0.5, 0.6) is 5.75 Å². The molecular weight excluding hydrogens is 576 g/mol. The lowest BCUT2D eigenvalue weighted by molar-refractivity contribution is 0.0987. The number of thiazole rings is 1. The van der Waals surface area contributed by atoms with Crippen molar-refractivity contribution < 1.29 is 22.4 Å². The molecule has 0 radical (unpaired) electrons. The van der Waals surface area contributed by atoms with Gasteiger partial charge in [0.25, 0.3) is 5.91 Å². The van der Waals surface area contributed by atoms with Crippen LogP contribution in [0.3, 0.4) is 0 Å². The van der Waals surface area contributed by atoms with Gasteiger partial charge in [-0.15, -0.1) is 0 Å². The van der Waals surface area contributed by atoms with Gasteiger partial charge >= 0.3 is 0 Å². The average Bonchev–Trinajstić information content (AvgIpc) is 3.44. The Morgan fingerprint density at radius 1 is 1.12 bits per heavy atom. The second-order valence-corrected chi connectivity index (χ2v) is 12.5. The highest BCUT2D eigenvalue weighted by Gasteiger charge is 2.24. The molecule has 0 saturated heterocycles. The molecule has 10 nitrogen and oxygen atoms in total. The summed E-state index contributed by atoms with van der Waals surface area (Å²) in [5.74, 6) is 0.0688. The average molecular weight is 605 g/mol. The predicted molar refractivity (Wildman–Crippen MR) is 164 cm³/mol. The third-order valence-corrected chi connectivity index (χ3v) is 9.48. The fourth-order valence-corrected chi connectivity index (χ4v) is 6.33. The molecule has 2 heterocycles.